The zero-order valence-electron chi connectivity index (χ0n) is 15.9. The molecular formula is C20H23BrN6O. The monoisotopic (exact) mass is 442 g/mol. The normalized spacial score (nSPS) is 25.1. The first-order valence-electron chi connectivity index (χ1n) is 9.55. The summed E-state index contributed by atoms with van der Waals surface area (Å²) in [5.74, 6) is 2.88. The van der Waals surface area contributed by atoms with Crippen LogP contribution in [0.2, 0.25) is 0 Å². The molecule has 8 heteroatoms. The second kappa shape index (κ2) is 6.42. The van der Waals surface area contributed by atoms with Crippen LogP contribution in [0.5, 0.6) is 0 Å². The van der Waals surface area contributed by atoms with Gasteiger partial charge in [-0.3, -0.25) is 4.98 Å². The summed E-state index contributed by atoms with van der Waals surface area (Å²) < 4.78 is 2.66. The van der Waals surface area contributed by atoms with Gasteiger partial charge in [0.2, 0.25) is 0 Å². The number of aliphatic hydroxyl groups excluding tert-OH is 1. The van der Waals surface area contributed by atoms with Crippen molar-refractivity contribution in [3.63, 3.8) is 0 Å². The number of nitrogens with zero attached hydrogens (tertiary/aromatic N) is 5. The third-order valence-corrected chi connectivity index (χ3v) is 7.00. The zero-order valence-corrected chi connectivity index (χ0v) is 17.5. The fraction of sp³-hybridized carbons (Fsp3) is 0.450. The molecule has 28 heavy (non-hydrogen) atoms. The van der Waals surface area contributed by atoms with E-state index >= 15 is 0 Å². The van der Waals surface area contributed by atoms with Crippen molar-refractivity contribution in [2.75, 3.05) is 23.4 Å². The number of anilines is 2. The number of nitrogens with one attached hydrogen (secondary N) is 1. The molecule has 2 fully saturated rings. The van der Waals surface area contributed by atoms with Crippen molar-refractivity contribution < 1.29 is 5.11 Å². The van der Waals surface area contributed by atoms with Crippen LogP contribution in [0, 0.1) is 17.3 Å². The third-order valence-electron chi connectivity index (χ3n) is 6.44. The van der Waals surface area contributed by atoms with E-state index in [1.54, 1.807) is 16.9 Å². The number of aliphatic hydroxyl groups is 1. The lowest BCUT2D eigenvalue weighted by Crippen LogP contribution is -2.39. The number of piperidine rings is 1. The average molecular weight is 443 g/mol. The second-order valence-electron chi connectivity index (χ2n) is 8.30. The van der Waals surface area contributed by atoms with Crippen LogP contribution in [0.15, 0.2) is 41.3 Å². The van der Waals surface area contributed by atoms with E-state index in [0.717, 1.165) is 33.9 Å². The van der Waals surface area contributed by atoms with E-state index in [-0.39, 0.29) is 12.6 Å². The lowest BCUT2D eigenvalue weighted by Gasteiger charge is -2.31. The van der Waals surface area contributed by atoms with Gasteiger partial charge in [-0.1, -0.05) is 19.9 Å². The van der Waals surface area contributed by atoms with Crippen molar-refractivity contribution in [2.45, 2.75) is 26.4 Å². The summed E-state index contributed by atoms with van der Waals surface area (Å²) in [6.45, 7) is 6.32. The molecule has 7 nitrogen and oxygen atoms in total. The maximum absolute atomic E-state index is 10.1. The number of fused-ring (bicyclic) bond motifs is 2. The van der Waals surface area contributed by atoms with Crippen LogP contribution in [-0.4, -0.2) is 43.9 Å². The minimum Gasteiger partial charge on any atom is -0.394 e. The first-order chi connectivity index (χ1) is 13.5. The van der Waals surface area contributed by atoms with Gasteiger partial charge < -0.3 is 15.3 Å². The molecule has 0 aromatic carbocycles. The highest BCUT2D eigenvalue weighted by Gasteiger charge is 2.66. The van der Waals surface area contributed by atoms with Crippen molar-refractivity contribution in [3.8, 4) is 0 Å². The molecule has 1 aliphatic carbocycles. The molecule has 0 amide bonds. The summed E-state index contributed by atoms with van der Waals surface area (Å²) >= 11 is 3.56. The van der Waals surface area contributed by atoms with Crippen LogP contribution in [-0.2, 0) is 6.54 Å². The lowest BCUT2D eigenvalue weighted by molar-refractivity contribution is 0.241. The predicted molar refractivity (Wildman–Crippen MR) is 111 cm³/mol. The van der Waals surface area contributed by atoms with Gasteiger partial charge in [-0.25, -0.2) is 4.98 Å². The molecule has 1 saturated heterocycles. The maximum atomic E-state index is 10.1. The Balaban J connectivity index is 1.49. The van der Waals surface area contributed by atoms with Crippen LogP contribution in [0.4, 0.5) is 11.6 Å². The van der Waals surface area contributed by atoms with Crippen molar-refractivity contribution in [3.05, 3.63) is 46.8 Å². The van der Waals surface area contributed by atoms with Crippen LogP contribution < -0.4 is 10.2 Å². The highest BCUT2D eigenvalue weighted by atomic mass is 79.9. The Morgan fingerprint density at radius 1 is 1.36 bits per heavy atom. The molecule has 2 N–H and O–H groups in total. The first-order valence-corrected chi connectivity index (χ1v) is 10.3. The van der Waals surface area contributed by atoms with E-state index in [1.165, 1.54) is 0 Å². The van der Waals surface area contributed by atoms with Gasteiger partial charge in [-0.05, 0) is 44.8 Å². The zero-order chi connectivity index (χ0) is 19.5. The number of hydrogen-bond donors (Lipinski definition) is 2. The predicted octanol–water partition coefficient (Wildman–Crippen LogP) is 2.95. The molecule has 3 aromatic heterocycles. The highest BCUT2D eigenvalue weighted by Crippen LogP contribution is 2.65. The molecule has 1 saturated carbocycles. The summed E-state index contributed by atoms with van der Waals surface area (Å²) in [4.78, 5) is 11.3. The summed E-state index contributed by atoms with van der Waals surface area (Å²) in [6, 6.07) is 6.11. The molecule has 0 radical (unpaired) electrons. The van der Waals surface area contributed by atoms with Crippen LogP contribution in [0.25, 0.3) is 5.65 Å². The number of rotatable bonds is 5. The highest BCUT2D eigenvalue weighted by molar-refractivity contribution is 9.10. The van der Waals surface area contributed by atoms with Gasteiger partial charge in [0.25, 0.3) is 0 Å². The quantitative estimate of drug-likeness (QED) is 0.632. The Morgan fingerprint density at radius 2 is 2.21 bits per heavy atom. The van der Waals surface area contributed by atoms with Gasteiger partial charge in [-0.2, -0.15) is 9.61 Å². The standard InChI is InChI=1S/C20H23BrN6O/c1-20(2)13-10-26(15(11-28)18(13)20)17-6-16(23-8-12-4-3-5-22-7-12)27-19(25-17)14(21)9-24-27/h3-7,9,13,15,18,23,28H,8,10-11H2,1-2H3/t13-,15+,18-/m0/s1. The van der Waals surface area contributed by atoms with E-state index in [9.17, 15) is 5.11 Å². The van der Waals surface area contributed by atoms with Crippen molar-refractivity contribution >= 4 is 33.2 Å². The number of aromatic nitrogens is 4. The minimum absolute atomic E-state index is 0.114. The Kier molecular flexibility index (Phi) is 4.10. The molecule has 146 valence electrons. The number of halogens is 1. The molecule has 1 aliphatic heterocycles. The third kappa shape index (κ3) is 2.69. The van der Waals surface area contributed by atoms with E-state index in [0.29, 0.717) is 23.8 Å². The SMILES string of the molecule is CC1(C)[C@@H]2[C@@H](CO)N(c3cc(NCc4cccnc4)n4ncc(Br)c4n3)C[C@@H]21. The van der Waals surface area contributed by atoms with E-state index < -0.39 is 0 Å². The van der Waals surface area contributed by atoms with Gasteiger partial charge in [0.05, 0.1) is 23.3 Å². The summed E-state index contributed by atoms with van der Waals surface area (Å²) in [7, 11) is 0. The first kappa shape index (κ1) is 17.9. The fourth-order valence-corrected chi connectivity index (χ4v) is 5.16. The molecular weight excluding hydrogens is 420 g/mol. The van der Waals surface area contributed by atoms with E-state index in [4.69, 9.17) is 4.98 Å². The van der Waals surface area contributed by atoms with Crippen molar-refractivity contribution in [2.24, 2.45) is 17.3 Å². The molecule has 5 rings (SSSR count). The number of hydrogen-bond acceptors (Lipinski definition) is 6. The molecule has 0 spiro atoms. The second-order valence-corrected chi connectivity index (χ2v) is 9.15. The summed E-state index contributed by atoms with van der Waals surface area (Å²) in [6.07, 6.45) is 5.38. The maximum Gasteiger partial charge on any atom is 0.173 e. The minimum atomic E-state index is 0.114. The van der Waals surface area contributed by atoms with Crippen molar-refractivity contribution in [1.82, 2.24) is 19.6 Å². The Morgan fingerprint density at radius 3 is 2.96 bits per heavy atom. The van der Waals surface area contributed by atoms with Crippen LogP contribution >= 0.6 is 15.9 Å². The van der Waals surface area contributed by atoms with Crippen LogP contribution in [0.3, 0.4) is 0 Å². The smallest absolute Gasteiger partial charge is 0.173 e. The Bertz CT molecular complexity index is 1020. The van der Waals surface area contributed by atoms with Gasteiger partial charge in [-0.15, -0.1) is 0 Å². The largest absolute Gasteiger partial charge is 0.394 e. The summed E-state index contributed by atoms with van der Waals surface area (Å²) in [5, 5.41) is 18.0. The topological polar surface area (TPSA) is 78.6 Å². The van der Waals surface area contributed by atoms with Crippen LogP contribution in [0.1, 0.15) is 19.4 Å². The molecule has 0 bridgehead atoms. The van der Waals surface area contributed by atoms with E-state index in [2.05, 4.69) is 50.1 Å². The molecule has 3 atom stereocenters. The summed E-state index contributed by atoms with van der Waals surface area (Å²) in [5.41, 5.74) is 2.17. The van der Waals surface area contributed by atoms with Gasteiger partial charge in [0.1, 0.15) is 11.6 Å². The molecule has 2 aliphatic rings. The van der Waals surface area contributed by atoms with E-state index in [1.807, 2.05) is 24.4 Å². The van der Waals surface area contributed by atoms with Gasteiger partial charge >= 0.3 is 0 Å². The molecule has 4 heterocycles. The Hall–Kier alpha value is -2.19. The van der Waals surface area contributed by atoms with Crippen molar-refractivity contribution in [1.29, 1.82) is 0 Å². The van der Waals surface area contributed by atoms with Gasteiger partial charge in [0, 0.05) is 31.5 Å². The Labute approximate surface area is 171 Å². The lowest BCUT2D eigenvalue weighted by atomic mass is 10.0. The fourth-order valence-electron chi connectivity index (χ4n) is 4.81. The molecule has 0 unspecified atom stereocenters. The number of pyridine rings is 1. The molecule has 3 aromatic rings. The van der Waals surface area contributed by atoms with Gasteiger partial charge in [0.15, 0.2) is 5.65 Å². The average Bonchev–Trinajstić information content (AvgIpc) is 3.05.